The van der Waals surface area contributed by atoms with E-state index < -0.39 is 6.10 Å². The van der Waals surface area contributed by atoms with E-state index in [0.29, 0.717) is 19.4 Å². The predicted octanol–water partition coefficient (Wildman–Crippen LogP) is 3.84. The number of benzene rings is 1. The standard InChI is InChI=1S/C19H30O3/c1-2-3-13-19(14-7-11-18(21)12-8-15-20)22-16-17-9-5-4-6-10-17/h4-7,9-11,18-21H,2-3,8,12-16H2,1H3/b11-7+/t18-,19+/m0/s1. The maximum Gasteiger partial charge on any atom is 0.0721 e. The summed E-state index contributed by atoms with van der Waals surface area (Å²) < 4.78 is 6.02. The normalized spacial score (nSPS) is 14.3. The summed E-state index contributed by atoms with van der Waals surface area (Å²) in [4.78, 5) is 0. The smallest absolute Gasteiger partial charge is 0.0721 e. The van der Waals surface area contributed by atoms with Gasteiger partial charge in [-0.2, -0.15) is 0 Å². The third-order valence-electron chi connectivity index (χ3n) is 3.62. The van der Waals surface area contributed by atoms with Crippen LogP contribution in [0.3, 0.4) is 0 Å². The highest BCUT2D eigenvalue weighted by Gasteiger charge is 2.08. The zero-order chi connectivity index (χ0) is 16.0. The molecule has 0 saturated carbocycles. The van der Waals surface area contributed by atoms with E-state index in [1.54, 1.807) is 0 Å². The van der Waals surface area contributed by atoms with E-state index in [1.807, 2.05) is 30.4 Å². The highest BCUT2D eigenvalue weighted by atomic mass is 16.5. The number of hydrogen-bond donors (Lipinski definition) is 2. The Morgan fingerprint density at radius 1 is 1.14 bits per heavy atom. The van der Waals surface area contributed by atoms with Gasteiger partial charge < -0.3 is 14.9 Å². The van der Waals surface area contributed by atoms with Crippen LogP contribution in [0.1, 0.15) is 51.0 Å². The fourth-order valence-corrected chi connectivity index (χ4v) is 2.27. The quantitative estimate of drug-likeness (QED) is 0.577. The summed E-state index contributed by atoms with van der Waals surface area (Å²) in [6, 6.07) is 10.2. The summed E-state index contributed by atoms with van der Waals surface area (Å²) in [5.74, 6) is 0. The first-order valence-corrected chi connectivity index (χ1v) is 8.37. The van der Waals surface area contributed by atoms with Gasteiger partial charge in [0.2, 0.25) is 0 Å². The minimum absolute atomic E-state index is 0.129. The SMILES string of the molecule is CCCC[C@H](C/C=C/[C@H](O)CCCO)OCc1ccccc1. The van der Waals surface area contributed by atoms with E-state index in [0.717, 1.165) is 25.7 Å². The molecule has 0 aliphatic heterocycles. The Bertz CT molecular complexity index is 389. The number of unbranched alkanes of at least 4 members (excludes halogenated alkanes) is 1. The second-order valence-corrected chi connectivity index (χ2v) is 5.66. The highest BCUT2D eigenvalue weighted by molar-refractivity contribution is 5.13. The Balaban J connectivity index is 2.37. The van der Waals surface area contributed by atoms with E-state index >= 15 is 0 Å². The third-order valence-corrected chi connectivity index (χ3v) is 3.62. The van der Waals surface area contributed by atoms with Crippen LogP contribution in [0.4, 0.5) is 0 Å². The van der Waals surface area contributed by atoms with Crippen LogP contribution in [0.25, 0.3) is 0 Å². The second kappa shape index (κ2) is 12.4. The molecular weight excluding hydrogens is 276 g/mol. The Morgan fingerprint density at radius 2 is 1.91 bits per heavy atom. The van der Waals surface area contributed by atoms with E-state index in [-0.39, 0.29) is 12.7 Å². The van der Waals surface area contributed by atoms with Crippen molar-refractivity contribution in [2.24, 2.45) is 0 Å². The first-order valence-electron chi connectivity index (χ1n) is 8.37. The van der Waals surface area contributed by atoms with Crippen molar-refractivity contribution < 1.29 is 14.9 Å². The number of ether oxygens (including phenoxy) is 1. The molecule has 3 nitrogen and oxygen atoms in total. The monoisotopic (exact) mass is 306 g/mol. The minimum Gasteiger partial charge on any atom is -0.396 e. The van der Waals surface area contributed by atoms with Crippen molar-refractivity contribution in [2.45, 2.75) is 64.3 Å². The van der Waals surface area contributed by atoms with E-state index in [1.165, 1.54) is 5.56 Å². The van der Waals surface area contributed by atoms with E-state index in [4.69, 9.17) is 9.84 Å². The van der Waals surface area contributed by atoms with Crippen LogP contribution in [0, 0.1) is 0 Å². The fraction of sp³-hybridized carbons (Fsp3) is 0.579. The van der Waals surface area contributed by atoms with Crippen LogP contribution in [0.5, 0.6) is 0 Å². The van der Waals surface area contributed by atoms with E-state index in [2.05, 4.69) is 19.1 Å². The molecule has 0 radical (unpaired) electrons. The molecular formula is C19H30O3. The van der Waals surface area contributed by atoms with Gasteiger partial charge in [-0.3, -0.25) is 0 Å². The van der Waals surface area contributed by atoms with Crippen LogP contribution in [-0.4, -0.2) is 29.0 Å². The van der Waals surface area contributed by atoms with Crippen molar-refractivity contribution in [2.75, 3.05) is 6.61 Å². The van der Waals surface area contributed by atoms with Gasteiger partial charge in [-0.05, 0) is 31.2 Å². The van der Waals surface area contributed by atoms with Crippen molar-refractivity contribution in [3.8, 4) is 0 Å². The summed E-state index contributed by atoms with van der Waals surface area (Å²) in [6.07, 6.45) is 8.98. The molecule has 0 amide bonds. The second-order valence-electron chi connectivity index (χ2n) is 5.66. The van der Waals surface area contributed by atoms with Crippen LogP contribution < -0.4 is 0 Å². The number of hydrogen-bond acceptors (Lipinski definition) is 3. The van der Waals surface area contributed by atoms with Gasteiger partial charge in [0.05, 0.1) is 18.8 Å². The van der Waals surface area contributed by atoms with E-state index in [9.17, 15) is 5.11 Å². The van der Waals surface area contributed by atoms with Gasteiger partial charge >= 0.3 is 0 Å². The van der Waals surface area contributed by atoms with Gasteiger partial charge in [-0.25, -0.2) is 0 Å². The lowest BCUT2D eigenvalue weighted by Crippen LogP contribution is -2.12. The average molecular weight is 306 g/mol. The molecule has 0 bridgehead atoms. The summed E-state index contributed by atoms with van der Waals surface area (Å²) in [5.41, 5.74) is 1.19. The molecule has 0 unspecified atom stereocenters. The maximum atomic E-state index is 9.74. The maximum absolute atomic E-state index is 9.74. The van der Waals surface area contributed by atoms with Crippen molar-refractivity contribution in [1.82, 2.24) is 0 Å². The van der Waals surface area contributed by atoms with Crippen molar-refractivity contribution in [3.63, 3.8) is 0 Å². The molecule has 0 aromatic heterocycles. The molecule has 0 aliphatic rings. The van der Waals surface area contributed by atoms with Crippen molar-refractivity contribution >= 4 is 0 Å². The molecule has 2 atom stereocenters. The molecule has 0 fully saturated rings. The lowest BCUT2D eigenvalue weighted by atomic mass is 10.1. The summed E-state index contributed by atoms with van der Waals surface area (Å²) >= 11 is 0. The molecule has 1 aromatic carbocycles. The summed E-state index contributed by atoms with van der Waals surface area (Å²) in [7, 11) is 0. The molecule has 22 heavy (non-hydrogen) atoms. The topological polar surface area (TPSA) is 49.7 Å². The van der Waals surface area contributed by atoms with Gasteiger partial charge in [-0.1, -0.05) is 62.2 Å². The number of aliphatic hydroxyl groups excluding tert-OH is 2. The number of aliphatic hydroxyl groups is 2. The van der Waals surface area contributed by atoms with Crippen molar-refractivity contribution in [1.29, 1.82) is 0 Å². The molecule has 2 N–H and O–H groups in total. The molecule has 0 aliphatic carbocycles. The average Bonchev–Trinajstić information content (AvgIpc) is 2.55. The highest BCUT2D eigenvalue weighted by Crippen LogP contribution is 2.13. The molecule has 0 spiro atoms. The summed E-state index contributed by atoms with van der Waals surface area (Å²) in [5, 5.41) is 18.5. The molecule has 0 saturated heterocycles. The Kier molecular flexibility index (Phi) is 10.6. The zero-order valence-corrected chi connectivity index (χ0v) is 13.7. The number of rotatable bonds is 12. The van der Waals surface area contributed by atoms with Gasteiger partial charge in [0.25, 0.3) is 0 Å². The Hall–Kier alpha value is -1.16. The van der Waals surface area contributed by atoms with Crippen LogP contribution in [0.15, 0.2) is 42.5 Å². The molecule has 0 heterocycles. The third kappa shape index (κ3) is 8.98. The summed E-state index contributed by atoms with van der Waals surface area (Å²) in [6.45, 7) is 2.95. The Labute approximate surface area is 134 Å². The molecule has 1 rings (SSSR count). The Morgan fingerprint density at radius 3 is 2.59 bits per heavy atom. The van der Waals surface area contributed by atoms with Crippen molar-refractivity contribution in [3.05, 3.63) is 48.0 Å². The van der Waals surface area contributed by atoms with Crippen LogP contribution >= 0.6 is 0 Å². The lowest BCUT2D eigenvalue weighted by Gasteiger charge is -2.16. The molecule has 1 aromatic rings. The predicted molar refractivity (Wildman–Crippen MR) is 90.6 cm³/mol. The minimum atomic E-state index is -0.465. The van der Waals surface area contributed by atoms with Crippen LogP contribution in [0.2, 0.25) is 0 Å². The molecule has 3 heteroatoms. The van der Waals surface area contributed by atoms with Gasteiger partial charge in [0, 0.05) is 6.61 Å². The fourth-order valence-electron chi connectivity index (χ4n) is 2.27. The lowest BCUT2D eigenvalue weighted by molar-refractivity contribution is 0.0354. The van der Waals surface area contributed by atoms with Gasteiger partial charge in [0.1, 0.15) is 0 Å². The van der Waals surface area contributed by atoms with Gasteiger partial charge in [0.15, 0.2) is 0 Å². The first kappa shape index (κ1) is 18.9. The molecule has 124 valence electrons. The zero-order valence-electron chi connectivity index (χ0n) is 13.7. The first-order chi connectivity index (χ1) is 10.8. The largest absolute Gasteiger partial charge is 0.396 e. The van der Waals surface area contributed by atoms with Gasteiger partial charge in [-0.15, -0.1) is 0 Å². The van der Waals surface area contributed by atoms with Crippen LogP contribution in [-0.2, 0) is 11.3 Å².